The molecule has 0 atom stereocenters. The lowest BCUT2D eigenvalue weighted by molar-refractivity contribution is 0.102. The van der Waals surface area contributed by atoms with Crippen LogP contribution in [0.3, 0.4) is 0 Å². The van der Waals surface area contributed by atoms with Gasteiger partial charge in [0.2, 0.25) is 0 Å². The number of ketones is 1. The average Bonchev–Trinajstić information content (AvgIpc) is 3.25. The molecule has 0 saturated heterocycles. The van der Waals surface area contributed by atoms with Gasteiger partial charge in [-0.15, -0.1) is 0 Å². The molecule has 33 heavy (non-hydrogen) atoms. The fraction of sp³-hybridized carbons (Fsp3) is 0.130. The van der Waals surface area contributed by atoms with Crippen LogP contribution in [0.4, 0.5) is 5.69 Å². The van der Waals surface area contributed by atoms with E-state index in [-0.39, 0.29) is 21.7 Å². The van der Waals surface area contributed by atoms with Crippen molar-refractivity contribution in [3.8, 4) is 11.5 Å². The average molecular weight is 485 g/mol. The van der Waals surface area contributed by atoms with E-state index in [0.717, 1.165) is 11.8 Å². The minimum Gasteiger partial charge on any atom is -0.497 e. The number of benzene rings is 3. The number of fused-ring (bicyclic) bond motifs is 1. The van der Waals surface area contributed by atoms with Crippen molar-refractivity contribution in [1.82, 2.24) is 4.98 Å². The first kappa shape index (κ1) is 22.7. The number of carbonyl (C=O) groups excluding carboxylic acids is 1. The molecule has 0 bridgehead atoms. The normalized spacial score (nSPS) is 11.3. The summed E-state index contributed by atoms with van der Waals surface area (Å²) in [6.45, 7) is 0. The Morgan fingerprint density at radius 1 is 0.970 bits per heavy atom. The van der Waals surface area contributed by atoms with E-state index in [9.17, 15) is 13.2 Å². The highest BCUT2D eigenvalue weighted by Crippen LogP contribution is 2.27. The lowest BCUT2D eigenvalue weighted by Crippen LogP contribution is -2.12. The maximum atomic E-state index is 12.8. The second-order valence-electron chi connectivity index (χ2n) is 6.88. The van der Waals surface area contributed by atoms with E-state index >= 15 is 0 Å². The van der Waals surface area contributed by atoms with E-state index in [1.165, 1.54) is 19.2 Å². The van der Waals surface area contributed by atoms with Gasteiger partial charge in [-0.25, -0.2) is 13.4 Å². The molecule has 4 rings (SSSR count). The van der Waals surface area contributed by atoms with Crippen LogP contribution in [0.25, 0.3) is 11.1 Å². The molecule has 0 radical (unpaired) electrons. The molecule has 0 aliphatic heterocycles. The molecule has 0 amide bonds. The third-order valence-electron chi connectivity index (χ3n) is 4.73. The second kappa shape index (κ2) is 9.55. The second-order valence-corrected chi connectivity index (χ2v) is 9.49. The first-order chi connectivity index (χ1) is 15.9. The number of hydrogen-bond donors (Lipinski definition) is 1. The van der Waals surface area contributed by atoms with Crippen LogP contribution in [0, 0.1) is 0 Å². The number of Topliss-reactive ketones (excluding diaryl/α,β-unsaturated/α-hetero) is 1. The molecule has 0 aliphatic carbocycles. The largest absolute Gasteiger partial charge is 0.497 e. The van der Waals surface area contributed by atoms with Crippen LogP contribution in [0.1, 0.15) is 10.4 Å². The molecule has 4 aromatic rings. The van der Waals surface area contributed by atoms with Crippen molar-refractivity contribution < 1.29 is 27.1 Å². The van der Waals surface area contributed by atoms with Crippen molar-refractivity contribution in [3.63, 3.8) is 0 Å². The van der Waals surface area contributed by atoms with Gasteiger partial charge in [-0.2, -0.15) is 0 Å². The molecule has 0 unspecified atom stereocenters. The quantitative estimate of drug-likeness (QED) is 0.271. The van der Waals surface area contributed by atoms with Gasteiger partial charge in [0.15, 0.2) is 11.4 Å². The number of nitrogens with zero attached hydrogens (tertiary/aromatic N) is 1. The van der Waals surface area contributed by atoms with E-state index in [4.69, 9.17) is 13.9 Å². The van der Waals surface area contributed by atoms with Crippen molar-refractivity contribution in [3.05, 3.63) is 72.3 Å². The fourth-order valence-corrected chi connectivity index (χ4v) is 4.79. The van der Waals surface area contributed by atoms with Gasteiger partial charge in [0, 0.05) is 11.3 Å². The van der Waals surface area contributed by atoms with E-state index in [1.807, 2.05) is 0 Å². The molecule has 10 heteroatoms. The first-order valence-corrected chi connectivity index (χ1v) is 12.2. The summed E-state index contributed by atoms with van der Waals surface area (Å²) in [6, 6.07) is 17.8. The van der Waals surface area contributed by atoms with E-state index < -0.39 is 10.0 Å². The number of methoxy groups -OCH3 is 2. The molecule has 0 aliphatic rings. The summed E-state index contributed by atoms with van der Waals surface area (Å²) in [6.07, 6.45) is 0. The molecule has 1 aromatic heterocycles. The van der Waals surface area contributed by atoms with Gasteiger partial charge in [-0.1, -0.05) is 11.8 Å². The molecule has 3 aromatic carbocycles. The first-order valence-electron chi connectivity index (χ1n) is 9.75. The van der Waals surface area contributed by atoms with Gasteiger partial charge < -0.3 is 13.9 Å². The minimum atomic E-state index is -3.83. The Balaban J connectivity index is 1.46. The third kappa shape index (κ3) is 5.29. The predicted molar refractivity (Wildman–Crippen MR) is 126 cm³/mol. The SMILES string of the molecule is COc1ccc(NS(=O)(=O)c2ccc3oc(SCC(=O)c4ccc(OC)cc4)nc3c2)cc1. The van der Waals surface area contributed by atoms with Gasteiger partial charge in [-0.05, 0) is 66.7 Å². The molecule has 1 heterocycles. The number of thioether (sulfide) groups is 1. The maximum absolute atomic E-state index is 12.8. The molecule has 0 spiro atoms. The number of sulfonamides is 1. The van der Waals surface area contributed by atoms with Crippen LogP contribution in [0.2, 0.25) is 0 Å². The summed E-state index contributed by atoms with van der Waals surface area (Å²) in [4.78, 5) is 16.8. The summed E-state index contributed by atoms with van der Waals surface area (Å²) in [5, 5.41) is 0.282. The van der Waals surface area contributed by atoms with E-state index in [1.54, 1.807) is 61.7 Å². The summed E-state index contributed by atoms with van der Waals surface area (Å²) in [5.74, 6) is 1.34. The zero-order valence-corrected chi connectivity index (χ0v) is 19.4. The Labute approximate surface area is 195 Å². The number of nitrogens with one attached hydrogen (secondary N) is 1. The lowest BCUT2D eigenvalue weighted by atomic mass is 10.1. The van der Waals surface area contributed by atoms with Crippen molar-refractivity contribution in [1.29, 1.82) is 0 Å². The van der Waals surface area contributed by atoms with Crippen molar-refractivity contribution in [2.45, 2.75) is 10.1 Å². The number of ether oxygens (including phenoxy) is 2. The number of aromatic nitrogens is 1. The topological polar surface area (TPSA) is 108 Å². The Morgan fingerprint density at radius 3 is 2.24 bits per heavy atom. The van der Waals surface area contributed by atoms with Crippen LogP contribution >= 0.6 is 11.8 Å². The highest BCUT2D eigenvalue weighted by Gasteiger charge is 2.18. The van der Waals surface area contributed by atoms with Crippen LogP contribution in [-0.4, -0.2) is 39.2 Å². The van der Waals surface area contributed by atoms with Gasteiger partial charge in [0.1, 0.15) is 17.0 Å². The molecule has 8 nitrogen and oxygen atoms in total. The Kier molecular flexibility index (Phi) is 6.57. The van der Waals surface area contributed by atoms with Crippen molar-refractivity contribution in [2.75, 3.05) is 24.7 Å². The fourth-order valence-electron chi connectivity index (χ4n) is 2.98. The number of hydrogen-bond acceptors (Lipinski definition) is 8. The van der Waals surface area contributed by atoms with E-state index in [0.29, 0.717) is 33.8 Å². The van der Waals surface area contributed by atoms with Crippen LogP contribution in [0.5, 0.6) is 11.5 Å². The smallest absolute Gasteiger partial charge is 0.261 e. The summed E-state index contributed by atoms with van der Waals surface area (Å²) < 4.78 is 43.9. The molecule has 1 N–H and O–H groups in total. The van der Waals surface area contributed by atoms with Gasteiger partial charge in [0.05, 0.1) is 24.9 Å². The maximum Gasteiger partial charge on any atom is 0.261 e. The Bertz CT molecular complexity index is 1380. The highest BCUT2D eigenvalue weighted by atomic mass is 32.2. The zero-order chi connectivity index (χ0) is 23.4. The molecular weight excluding hydrogens is 464 g/mol. The summed E-state index contributed by atoms with van der Waals surface area (Å²) in [7, 11) is -0.729. The summed E-state index contributed by atoms with van der Waals surface area (Å²) in [5.41, 5.74) is 1.77. The van der Waals surface area contributed by atoms with Crippen molar-refractivity contribution >= 4 is 44.4 Å². The van der Waals surface area contributed by atoms with Gasteiger partial charge in [0.25, 0.3) is 15.2 Å². The molecule has 0 saturated carbocycles. The monoisotopic (exact) mass is 484 g/mol. The van der Waals surface area contributed by atoms with E-state index in [2.05, 4.69) is 9.71 Å². The van der Waals surface area contributed by atoms with Gasteiger partial charge >= 0.3 is 0 Å². The van der Waals surface area contributed by atoms with Crippen LogP contribution in [-0.2, 0) is 10.0 Å². The lowest BCUT2D eigenvalue weighted by Gasteiger charge is -2.08. The molecular formula is C23H20N2O6S2. The highest BCUT2D eigenvalue weighted by molar-refractivity contribution is 7.99. The minimum absolute atomic E-state index is 0.0463. The number of carbonyl (C=O) groups is 1. The zero-order valence-electron chi connectivity index (χ0n) is 17.8. The number of anilines is 1. The number of oxazole rings is 1. The Morgan fingerprint density at radius 2 is 1.61 bits per heavy atom. The van der Waals surface area contributed by atoms with Crippen LogP contribution < -0.4 is 14.2 Å². The summed E-state index contributed by atoms with van der Waals surface area (Å²) >= 11 is 1.14. The van der Waals surface area contributed by atoms with Crippen molar-refractivity contribution in [2.24, 2.45) is 0 Å². The molecule has 0 fully saturated rings. The predicted octanol–water partition coefficient (Wildman–Crippen LogP) is 4.62. The Hall–Kier alpha value is -3.50. The standard InChI is InChI=1S/C23H20N2O6S2/c1-29-17-7-3-15(4-8-17)21(26)14-32-23-24-20-13-19(11-12-22(20)31-23)33(27,28)25-16-5-9-18(30-2)10-6-16/h3-13,25H,14H2,1-2H3. The van der Waals surface area contributed by atoms with Gasteiger partial charge in [-0.3, -0.25) is 9.52 Å². The number of rotatable bonds is 9. The molecule has 170 valence electrons. The third-order valence-corrected chi connectivity index (χ3v) is 6.94. The van der Waals surface area contributed by atoms with Crippen LogP contribution in [0.15, 0.2) is 81.3 Å².